The van der Waals surface area contributed by atoms with Crippen LogP contribution in [0.5, 0.6) is 5.75 Å². The Morgan fingerprint density at radius 1 is 1.17 bits per heavy atom. The Bertz CT molecular complexity index is 445. The summed E-state index contributed by atoms with van der Waals surface area (Å²) in [5.74, 6) is -0.164. The van der Waals surface area contributed by atoms with Crippen molar-refractivity contribution >= 4 is 5.97 Å². The van der Waals surface area contributed by atoms with Crippen molar-refractivity contribution in [1.29, 1.82) is 0 Å². The number of carboxylic acids is 1. The van der Waals surface area contributed by atoms with Gasteiger partial charge in [0.25, 0.3) is 0 Å². The van der Waals surface area contributed by atoms with Crippen LogP contribution in [0.25, 0.3) is 0 Å². The van der Waals surface area contributed by atoms with Crippen molar-refractivity contribution in [3.63, 3.8) is 0 Å². The minimum atomic E-state index is -1.01. The van der Waals surface area contributed by atoms with Gasteiger partial charge in [0.05, 0.1) is 0 Å². The molecule has 0 radical (unpaired) electrons. The lowest BCUT2D eigenvalue weighted by atomic mass is 9.84. The number of ether oxygens (including phenoxy) is 1. The fourth-order valence-corrected chi connectivity index (χ4v) is 2.49. The molecule has 0 aromatic heterocycles. The molecule has 0 bridgehead atoms. The Morgan fingerprint density at radius 2 is 1.83 bits per heavy atom. The molecule has 3 nitrogen and oxygen atoms in total. The van der Waals surface area contributed by atoms with Crippen LogP contribution in [0.1, 0.15) is 43.2 Å². The molecule has 0 amide bonds. The Kier molecular flexibility index (Phi) is 3.60. The van der Waals surface area contributed by atoms with Crippen molar-refractivity contribution < 1.29 is 14.6 Å². The van der Waals surface area contributed by atoms with Gasteiger partial charge in [-0.1, -0.05) is 12.5 Å². The molecule has 1 aliphatic rings. The van der Waals surface area contributed by atoms with Crippen LogP contribution in [0.15, 0.2) is 18.2 Å². The van der Waals surface area contributed by atoms with Gasteiger partial charge >= 0.3 is 5.97 Å². The van der Waals surface area contributed by atoms with E-state index in [1.807, 2.05) is 32.0 Å². The fraction of sp³-hybridized carbons (Fsp3) is 0.533. The smallest absolute Gasteiger partial charge is 0.348 e. The van der Waals surface area contributed by atoms with Crippen LogP contribution in [0.4, 0.5) is 0 Å². The minimum absolute atomic E-state index is 0.606. The lowest BCUT2D eigenvalue weighted by molar-refractivity contribution is -0.158. The zero-order valence-electron chi connectivity index (χ0n) is 11.0. The number of benzene rings is 1. The molecule has 1 aliphatic carbocycles. The van der Waals surface area contributed by atoms with Crippen molar-refractivity contribution in [1.82, 2.24) is 0 Å². The first-order valence-corrected chi connectivity index (χ1v) is 6.53. The Balaban J connectivity index is 2.23. The summed E-state index contributed by atoms with van der Waals surface area (Å²) in [5.41, 5.74) is 1.30. The predicted molar refractivity (Wildman–Crippen MR) is 70.0 cm³/mol. The van der Waals surface area contributed by atoms with Crippen molar-refractivity contribution in [3.8, 4) is 5.75 Å². The third-order valence-electron chi connectivity index (χ3n) is 3.84. The average molecular weight is 248 g/mol. The van der Waals surface area contributed by atoms with Crippen LogP contribution in [0, 0.1) is 13.8 Å². The molecule has 3 heteroatoms. The number of carboxylic acid groups (broad SMARTS) is 1. The summed E-state index contributed by atoms with van der Waals surface area (Å²) in [7, 11) is 0. The highest BCUT2D eigenvalue weighted by molar-refractivity contribution is 5.78. The molecule has 0 unspecified atom stereocenters. The molecule has 18 heavy (non-hydrogen) atoms. The Hall–Kier alpha value is -1.51. The fourth-order valence-electron chi connectivity index (χ4n) is 2.49. The summed E-state index contributed by atoms with van der Waals surface area (Å²) < 4.78 is 5.84. The molecule has 1 fully saturated rings. The molecular formula is C15H20O3. The van der Waals surface area contributed by atoms with Gasteiger partial charge in [0.1, 0.15) is 5.75 Å². The van der Waals surface area contributed by atoms with Gasteiger partial charge < -0.3 is 9.84 Å². The highest BCUT2D eigenvalue weighted by Gasteiger charge is 2.42. The van der Waals surface area contributed by atoms with Crippen LogP contribution in [-0.4, -0.2) is 16.7 Å². The number of rotatable bonds is 3. The predicted octanol–water partition coefficient (Wildman–Crippen LogP) is 3.47. The molecule has 0 saturated heterocycles. The van der Waals surface area contributed by atoms with Crippen molar-refractivity contribution in [2.75, 3.05) is 0 Å². The van der Waals surface area contributed by atoms with Gasteiger partial charge in [-0.3, -0.25) is 0 Å². The molecule has 0 heterocycles. The lowest BCUT2D eigenvalue weighted by Gasteiger charge is -2.33. The van der Waals surface area contributed by atoms with Gasteiger partial charge in [-0.15, -0.1) is 0 Å². The van der Waals surface area contributed by atoms with E-state index in [1.165, 1.54) is 5.56 Å². The normalized spacial score (nSPS) is 18.3. The van der Waals surface area contributed by atoms with Crippen LogP contribution in [0.3, 0.4) is 0 Å². The van der Waals surface area contributed by atoms with Crippen molar-refractivity contribution in [2.24, 2.45) is 0 Å². The zero-order chi connectivity index (χ0) is 13.2. The van der Waals surface area contributed by atoms with E-state index in [9.17, 15) is 9.90 Å². The quantitative estimate of drug-likeness (QED) is 0.891. The summed E-state index contributed by atoms with van der Waals surface area (Å²) in [4.78, 5) is 11.5. The second kappa shape index (κ2) is 5.01. The molecule has 0 spiro atoms. The molecule has 1 aromatic carbocycles. The lowest BCUT2D eigenvalue weighted by Crippen LogP contribution is -2.46. The van der Waals surface area contributed by atoms with Crippen molar-refractivity contribution in [2.45, 2.75) is 51.6 Å². The van der Waals surface area contributed by atoms with E-state index in [0.717, 1.165) is 24.8 Å². The van der Waals surface area contributed by atoms with Crippen molar-refractivity contribution in [3.05, 3.63) is 29.3 Å². The largest absolute Gasteiger partial charge is 0.478 e. The number of hydrogen-bond acceptors (Lipinski definition) is 2. The van der Waals surface area contributed by atoms with Crippen LogP contribution < -0.4 is 4.74 Å². The summed E-state index contributed by atoms with van der Waals surface area (Å²) in [6.45, 7) is 4.04. The minimum Gasteiger partial charge on any atom is -0.478 e. The summed E-state index contributed by atoms with van der Waals surface area (Å²) >= 11 is 0. The van der Waals surface area contributed by atoms with E-state index in [4.69, 9.17) is 4.74 Å². The van der Waals surface area contributed by atoms with E-state index < -0.39 is 11.6 Å². The topological polar surface area (TPSA) is 46.5 Å². The summed E-state index contributed by atoms with van der Waals surface area (Å²) in [6.07, 6.45) is 4.17. The van der Waals surface area contributed by atoms with E-state index in [0.29, 0.717) is 18.6 Å². The van der Waals surface area contributed by atoms with Gasteiger partial charge in [-0.25, -0.2) is 4.79 Å². The molecule has 1 N–H and O–H groups in total. The Morgan fingerprint density at radius 3 is 2.39 bits per heavy atom. The zero-order valence-corrected chi connectivity index (χ0v) is 11.0. The first-order valence-electron chi connectivity index (χ1n) is 6.53. The highest BCUT2D eigenvalue weighted by atomic mass is 16.5. The maximum absolute atomic E-state index is 11.5. The van der Waals surface area contributed by atoms with Crippen LogP contribution >= 0.6 is 0 Å². The second-order valence-corrected chi connectivity index (χ2v) is 5.21. The first kappa shape index (κ1) is 12.9. The molecule has 2 rings (SSSR count). The van der Waals surface area contributed by atoms with Crippen LogP contribution in [-0.2, 0) is 4.79 Å². The average Bonchev–Trinajstić information content (AvgIpc) is 2.35. The van der Waals surface area contributed by atoms with Crippen LogP contribution in [0.2, 0.25) is 0 Å². The van der Waals surface area contributed by atoms with Gasteiger partial charge in [0.15, 0.2) is 0 Å². The molecule has 1 saturated carbocycles. The van der Waals surface area contributed by atoms with E-state index in [2.05, 4.69) is 0 Å². The Labute approximate surface area is 108 Å². The molecule has 0 aliphatic heterocycles. The second-order valence-electron chi connectivity index (χ2n) is 5.21. The SMILES string of the molecule is Cc1ccc(OC2(C(=O)O)CCCCC2)cc1C. The molecular weight excluding hydrogens is 228 g/mol. The van der Waals surface area contributed by atoms with Gasteiger partial charge in [-0.05, 0) is 62.8 Å². The summed E-state index contributed by atoms with van der Waals surface area (Å²) in [5, 5.41) is 9.45. The third-order valence-corrected chi connectivity index (χ3v) is 3.84. The maximum atomic E-state index is 11.5. The maximum Gasteiger partial charge on any atom is 0.348 e. The first-order chi connectivity index (χ1) is 8.53. The van der Waals surface area contributed by atoms with Gasteiger partial charge in [-0.2, -0.15) is 0 Å². The van der Waals surface area contributed by atoms with Gasteiger partial charge in [0, 0.05) is 0 Å². The number of hydrogen-bond donors (Lipinski definition) is 1. The number of aliphatic carboxylic acids is 1. The van der Waals surface area contributed by atoms with Gasteiger partial charge in [0.2, 0.25) is 5.60 Å². The number of carbonyl (C=O) groups is 1. The molecule has 1 aromatic rings. The number of aryl methyl sites for hydroxylation is 2. The van der Waals surface area contributed by atoms with E-state index in [1.54, 1.807) is 0 Å². The monoisotopic (exact) mass is 248 g/mol. The summed E-state index contributed by atoms with van der Waals surface area (Å²) in [6, 6.07) is 5.76. The van der Waals surface area contributed by atoms with E-state index >= 15 is 0 Å². The highest BCUT2D eigenvalue weighted by Crippen LogP contribution is 2.33. The standard InChI is InChI=1S/C15H20O3/c1-11-6-7-13(10-12(11)2)18-15(14(16)17)8-4-3-5-9-15/h6-7,10H,3-5,8-9H2,1-2H3,(H,16,17). The van der Waals surface area contributed by atoms with E-state index in [-0.39, 0.29) is 0 Å². The molecule has 0 atom stereocenters. The third kappa shape index (κ3) is 2.50. The molecule has 98 valence electrons.